The smallest absolute Gasteiger partial charge is 0.0543 e. The van der Waals surface area contributed by atoms with Gasteiger partial charge in [-0.05, 0) is 133 Å². The van der Waals surface area contributed by atoms with Gasteiger partial charge in [-0.2, -0.15) is 0 Å². The normalized spacial score (nSPS) is 11.8. The summed E-state index contributed by atoms with van der Waals surface area (Å²) in [5, 5.41) is 7.90. The van der Waals surface area contributed by atoms with Crippen molar-refractivity contribution in [2.24, 2.45) is 0 Å². The first-order valence-corrected chi connectivity index (χ1v) is 18.7. The van der Waals surface area contributed by atoms with E-state index in [0.29, 0.717) is 11.8 Å². The van der Waals surface area contributed by atoms with Crippen molar-refractivity contribution < 1.29 is 0 Å². The van der Waals surface area contributed by atoms with Crippen LogP contribution in [0.15, 0.2) is 133 Å². The summed E-state index contributed by atoms with van der Waals surface area (Å²) in [6, 6.07) is 50.4. The number of hydrogen-bond acceptors (Lipinski definition) is 2. The molecule has 2 nitrogen and oxygen atoms in total. The van der Waals surface area contributed by atoms with Gasteiger partial charge in [0.05, 0.1) is 11.4 Å². The first-order chi connectivity index (χ1) is 25.1. The molecule has 0 spiro atoms. The van der Waals surface area contributed by atoms with Crippen LogP contribution in [0.3, 0.4) is 0 Å². The highest BCUT2D eigenvalue weighted by molar-refractivity contribution is 6.29. The lowest BCUT2D eigenvalue weighted by Crippen LogP contribution is -2.13. The van der Waals surface area contributed by atoms with Crippen molar-refractivity contribution in [1.82, 2.24) is 0 Å². The average Bonchev–Trinajstić information content (AvgIpc) is 3.14. The summed E-state index contributed by atoms with van der Waals surface area (Å²) in [4.78, 5) is 4.93. The lowest BCUT2D eigenvalue weighted by Gasteiger charge is -2.31. The number of anilines is 6. The summed E-state index contributed by atoms with van der Waals surface area (Å²) in [6.45, 7) is 18.0. The molecule has 8 aromatic carbocycles. The Bertz CT molecular complexity index is 2250. The van der Waals surface area contributed by atoms with E-state index in [1.165, 1.54) is 77.1 Å². The lowest BCUT2D eigenvalue weighted by molar-refractivity contribution is 0.875. The molecule has 0 unspecified atom stereocenters. The van der Waals surface area contributed by atoms with Crippen LogP contribution < -0.4 is 9.80 Å². The van der Waals surface area contributed by atoms with E-state index in [1.54, 1.807) is 0 Å². The second-order valence-electron chi connectivity index (χ2n) is 15.4. The highest BCUT2D eigenvalue weighted by atomic mass is 15.1. The molecule has 0 aliphatic carbocycles. The number of benzene rings is 8. The third kappa shape index (κ3) is 5.77. The maximum Gasteiger partial charge on any atom is 0.0543 e. The molecule has 0 aliphatic heterocycles. The first kappa shape index (κ1) is 33.5. The van der Waals surface area contributed by atoms with Crippen LogP contribution in [-0.2, 0) is 0 Å². The van der Waals surface area contributed by atoms with Crippen LogP contribution in [0.4, 0.5) is 34.1 Å². The molecule has 0 aromatic heterocycles. The van der Waals surface area contributed by atoms with Gasteiger partial charge in [0, 0.05) is 33.5 Å². The van der Waals surface area contributed by atoms with E-state index in [0.717, 1.165) is 22.7 Å². The molecule has 0 heterocycles. The molecule has 8 aromatic rings. The molecular formula is C50H48N2. The van der Waals surface area contributed by atoms with Gasteiger partial charge in [0.1, 0.15) is 0 Å². The number of rotatable bonds is 8. The summed E-state index contributed by atoms with van der Waals surface area (Å²) in [5.41, 5.74) is 14.8. The van der Waals surface area contributed by atoms with Crippen LogP contribution >= 0.6 is 0 Å². The Morgan fingerprint density at radius 2 is 0.577 bits per heavy atom. The van der Waals surface area contributed by atoms with E-state index in [2.05, 4.69) is 199 Å². The van der Waals surface area contributed by atoms with Crippen LogP contribution in [0.1, 0.15) is 72.9 Å². The maximum atomic E-state index is 2.46. The largest absolute Gasteiger partial charge is 0.310 e. The molecule has 0 saturated carbocycles. The van der Waals surface area contributed by atoms with Crippen molar-refractivity contribution in [2.75, 3.05) is 9.80 Å². The van der Waals surface area contributed by atoms with Crippen LogP contribution in [0, 0.1) is 27.7 Å². The van der Waals surface area contributed by atoms with Crippen LogP contribution in [0.5, 0.6) is 0 Å². The summed E-state index contributed by atoms with van der Waals surface area (Å²) < 4.78 is 0. The van der Waals surface area contributed by atoms with Gasteiger partial charge < -0.3 is 9.80 Å². The quantitative estimate of drug-likeness (QED) is 0.148. The molecular weight excluding hydrogens is 629 g/mol. The Morgan fingerprint density at radius 1 is 0.327 bits per heavy atom. The van der Waals surface area contributed by atoms with Crippen molar-refractivity contribution in [3.8, 4) is 0 Å². The highest BCUT2D eigenvalue weighted by Crippen LogP contribution is 2.51. The minimum Gasteiger partial charge on any atom is -0.310 e. The van der Waals surface area contributed by atoms with Gasteiger partial charge in [-0.1, -0.05) is 123 Å². The molecule has 0 fully saturated rings. The van der Waals surface area contributed by atoms with Gasteiger partial charge in [-0.3, -0.25) is 0 Å². The Kier molecular flexibility index (Phi) is 8.50. The van der Waals surface area contributed by atoms with Crippen molar-refractivity contribution >= 4 is 66.4 Å². The predicted octanol–water partition coefficient (Wildman–Crippen LogP) is 15.0. The minimum absolute atomic E-state index is 0.335. The minimum atomic E-state index is 0.335. The van der Waals surface area contributed by atoms with Gasteiger partial charge in [-0.25, -0.2) is 0 Å². The third-order valence-electron chi connectivity index (χ3n) is 10.8. The van der Waals surface area contributed by atoms with Gasteiger partial charge in [0.15, 0.2) is 0 Å². The summed E-state index contributed by atoms with van der Waals surface area (Å²) >= 11 is 0. The SMILES string of the molecule is Cc1ccc(N(c2ccc(C)cc2)c2cc(C(C)C)c3ccc4c(N(c5ccc(C)cc5)c5ccc(C)cc5)cc(C(C)C)c5ccc2c3c54)cc1. The van der Waals surface area contributed by atoms with E-state index < -0.39 is 0 Å². The number of nitrogens with zero attached hydrogens (tertiary/aromatic N) is 2. The zero-order valence-electron chi connectivity index (χ0n) is 31.8. The van der Waals surface area contributed by atoms with E-state index in [9.17, 15) is 0 Å². The molecule has 0 saturated heterocycles. The zero-order chi connectivity index (χ0) is 36.3. The van der Waals surface area contributed by atoms with Crippen molar-refractivity contribution in [2.45, 2.75) is 67.2 Å². The maximum absolute atomic E-state index is 2.46. The predicted molar refractivity (Wildman–Crippen MR) is 227 cm³/mol. The lowest BCUT2D eigenvalue weighted by atomic mass is 9.84. The van der Waals surface area contributed by atoms with E-state index >= 15 is 0 Å². The zero-order valence-corrected chi connectivity index (χ0v) is 31.8. The molecule has 0 amide bonds. The van der Waals surface area contributed by atoms with Crippen molar-refractivity contribution in [3.05, 3.63) is 167 Å². The fraction of sp³-hybridized carbons (Fsp3) is 0.200. The first-order valence-electron chi connectivity index (χ1n) is 18.7. The molecule has 258 valence electrons. The summed E-state index contributed by atoms with van der Waals surface area (Å²) in [6.07, 6.45) is 0. The molecule has 52 heavy (non-hydrogen) atoms. The molecule has 0 bridgehead atoms. The monoisotopic (exact) mass is 676 g/mol. The molecule has 0 aliphatic rings. The Hall–Kier alpha value is -5.60. The van der Waals surface area contributed by atoms with Gasteiger partial charge in [0.25, 0.3) is 0 Å². The molecule has 0 N–H and O–H groups in total. The molecule has 0 radical (unpaired) electrons. The van der Waals surface area contributed by atoms with E-state index in [1.807, 2.05) is 0 Å². The average molecular weight is 677 g/mol. The third-order valence-corrected chi connectivity index (χ3v) is 10.8. The second-order valence-corrected chi connectivity index (χ2v) is 15.4. The van der Waals surface area contributed by atoms with Crippen LogP contribution in [0.2, 0.25) is 0 Å². The highest BCUT2D eigenvalue weighted by Gasteiger charge is 2.26. The van der Waals surface area contributed by atoms with Crippen molar-refractivity contribution in [3.63, 3.8) is 0 Å². The molecule has 2 heteroatoms. The fourth-order valence-corrected chi connectivity index (χ4v) is 7.96. The summed E-state index contributed by atoms with van der Waals surface area (Å²) in [5.74, 6) is 0.670. The second kappa shape index (κ2) is 13.2. The van der Waals surface area contributed by atoms with Gasteiger partial charge >= 0.3 is 0 Å². The summed E-state index contributed by atoms with van der Waals surface area (Å²) in [7, 11) is 0. The topological polar surface area (TPSA) is 6.48 Å². The molecule has 0 atom stereocenters. The van der Waals surface area contributed by atoms with Crippen LogP contribution in [0.25, 0.3) is 32.3 Å². The Morgan fingerprint density at radius 3 is 0.827 bits per heavy atom. The molecule has 8 rings (SSSR count). The van der Waals surface area contributed by atoms with E-state index in [4.69, 9.17) is 0 Å². The van der Waals surface area contributed by atoms with Crippen LogP contribution in [-0.4, -0.2) is 0 Å². The standard InChI is InChI=1S/C50H48N2/c1-31(2)45-29-47(51(37-17-9-33(5)10-18-37)38-19-11-34(6)12-20-38)43-28-26-42-46(32(3)4)30-48(44-27-25-41(45)49(43)50(42)44)52(39-21-13-35(7)14-22-39)40-23-15-36(8)16-24-40/h9-32H,1-8H3. The Labute approximate surface area is 309 Å². The fourth-order valence-electron chi connectivity index (χ4n) is 7.96. The number of aryl methyl sites for hydroxylation is 4. The number of hydrogen-bond donors (Lipinski definition) is 0. The van der Waals surface area contributed by atoms with E-state index in [-0.39, 0.29) is 0 Å². The van der Waals surface area contributed by atoms with Gasteiger partial charge in [-0.15, -0.1) is 0 Å². The van der Waals surface area contributed by atoms with Crippen molar-refractivity contribution in [1.29, 1.82) is 0 Å². The van der Waals surface area contributed by atoms with Gasteiger partial charge in [0.2, 0.25) is 0 Å². The Balaban J connectivity index is 1.51.